The smallest absolute Gasteiger partial charge is 0.264 e. The van der Waals surface area contributed by atoms with E-state index in [-0.39, 0.29) is 12.5 Å². The molecule has 124 valence electrons. The molecule has 0 spiro atoms. The molecule has 0 saturated heterocycles. The number of amides is 1. The number of carbonyl (C=O) groups is 1. The van der Waals surface area contributed by atoms with Crippen LogP contribution in [0.3, 0.4) is 0 Å². The molecule has 5 nitrogen and oxygen atoms in total. The largest absolute Gasteiger partial charge is 0.483 e. The molecule has 1 heterocycles. The molecule has 0 unspecified atom stereocenters. The third kappa shape index (κ3) is 4.76. The summed E-state index contributed by atoms with van der Waals surface area (Å²) >= 11 is 1.39. The summed E-state index contributed by atoms with van der Waals surface area (Å²) in [6.45, 7) is 10.3. The molecule has 0 atom stereocenters. The summed E-state index contributed by atoms with van der Waals surface area (Å²) in [6.07, 6.45) is 0. The first-order chi connectivity index (χ1) is 10.9. The minimum Gasteiger partial charge on any atom is -0.483 e. The Balaban J connectivity index is 1.97. The van der Waals surface area contributed by atoms with E-state index in [1.807, 2.05) is 32.9 Å². The number of aryl methyl sites for hydroxylation is 1. The van der Waals surface area contributed by atoms with Crippen molar-refractivity contribution in [2.24, 2.45) is 0 Å². The molecule has 0 radical (unpaired) electrons. The van der Waals surface area contributed by atoms with Crippen molar-refractivity contribution in [2.45, 2.75) is 46.5 Å². The summed E-state index contributed by atoms with van der Waals surface area (Å²) in [5.74, 6) is 1.17. The summed E-state index contributed by atoms with van der Waals surface area (Å²) in [5.41, 5.74) is 2.21. The van der Waals surface area contributed by atoms with Gasteiger partial charge in [0, 0.05) is 5.92 Å². The first-order valence-corrected chi connectivity index (χ1v) is 8.55. The second-order valence-electron chi connectivity index (χ2n) is 6.13. The Kier molecular flexibility index (Phi) is 5.71. The lowest BCUT2D eigenvalue weighted by atomic mass is 10.0. The van der Waals surface area contributed by atoms with Gasteiger partial charge < -0.3 is 4.74 Å². The minimum atomic E-state index is -0.229. The van der Waals surface area contributed by atoms with Crippen molar-refractivity contribution >= 4 is 22.4 Å². The van der Waals surface area contributed by atoms with Crippen LogP contribution in [0.25, 0.3) is 0 Å². The highest BCUT2D eigenvalue weighted by molar-refractivity contribution is 7.15. The average molecular weight is 333 g/mol. The van der Waals surface area contributed by atoms with Crippen LogP contribution in [-0.2, 0) is 4.79 Å². The van der Waals surface area contributed by atoms with Gasteiger partial charge in [-0.3, -0.25) is 10.1 Å². The average Bonchev–Trinajstić information content (AvgIpc) is 2.93. The molecule has 0 aliphatic rings. The van der Waals surface area contributed by atoms with Gasteiger partial charge in [-0.2, -0.15) is 0 Å². The summed E-state index contributed by atoms with van der Waals surface area (Å²) < 4.78 is 5.71. The lowest BCUT2D eigenvalue weighted by Gasteiger charge is -2.14. The van der Waals surface area contributed by atoms with Crippen molar-refractivity contribution < 1.29 is 9.53 Å². The molecule has 23 heavy (non-hydrogen) atoms. The van der Waals surface area contributed by atoms with E-state index in [0.29, 0.717) is 17.0 Å². The first-order valence-electron chi connectivity index (χ1n) is 7.73. The molecule has 1 amide bonds. The van der Waals surface area contributed by atoms with Gasteiger partial charge in [-0.05, 0) is 30.0 Å². The van der Waals surface area contributed by atoms with Crippen LogP contribution in [0, 0.1) is 6.92 Å². The number of nitrogens with one attached hydrogen (secondary N) is 1. The predicted octanol–water partition coefficient (Wildman–Crippen LogP) is 4.11. The normalized spacial score (nSPS) is 11.1. The summed E-state index contributed by atoms with van der Waals surface area (Å²) in [5, 5.41) is 12.2. The number of nitrogens with zero attached hydrogens (tertiary/aromatic N) is 2. The number of carbonyl (C=O) groups excluding carboxylic acids is 1. The van der Waals surface area contributed by atoms with E-state index in [0.717, 1.165) is 21.9 Å². The van der Waals surface area contributed by atoms with Crippen LogP contribution in [0.1, 0.15) is 55.7 Å². The fraction of sp³-hybridized carbons (Fsp3) is 0.471. The Hall–Kier alpha value is -1.95. The monoisotopic (exact) mass is 333 g/mol. The minimum absolute atomic E-state index is 0.0419. The van der Waals surface area contributed by atoms with Crippen LogP contribution in [0.2, 0.25) is 0 Å². The van der Waals surface area contributed by atoms with Crippen molar-refractivity contribution in [1.82, 2.24) is 10.2 Å². The van der Waals surface area contributed by atoms with Crippen molar-refractivity contribution in [3.05, 3.63) is 34.3 Å². The number of rotatable bonds is 6. The van der Waals surface area contributed by atoms with Gasteiger partial charge in [0.2, 0.25) is 5.13 Å². The van der Waals surface area contributed by atoms with E-state index in [4.69, 9.17) is 4.74 Å². The SMILES string of the molecule is Cc1ccc(C(C)C)c(OCC(=O)Nc2nnc(C(C)C)s2)c1. The van der Waals surface area contributed by atoms with E-state index < -0.39 is 0 Å². The Bertz CT molecular complexity index is 680. The van der Waals surface area contributed by atoms with Crippen molar-refractivity contribution in [3.63, 3.8) is 0 Å². The molecule has 0 saturated carbocycles. The van der Waals surface area contributed by atoms with E-state index in [9.17, 15) is 4.79 Å². The number of ether oxygens (including phenoxy) is 1. The molecule has 0 aliphatic carbocycles. The molecule has 2 rings (SSSR count). The quantitative estimate of drug-likeness (QED) is 0.864. The molecule has 0 aliphatic heterocycles. The third-order valence-electron chi connectivity index (χ3n) is 3.33. The maximum absolute atomic E-state index is 12.0. The highest BCUT2D eigenvalue weighted by atomic mass is 32.1. The van der Waals surface area contributed by atoms with Crippen LogP contribution in [0.5, 0.6) is 5.75 Å². The first kappa shape index (κ1) is 17.4. The Morgan fingerprint density at radius 1 is 1.22 bits per heavy atom. The molecular formula is C17H23N3O2S. The van der Waals surface area contributed by atoms with Crippen LogP contribution >= 0.6 is 11.3 Å². The highest BCUT2D eigenvalue weighted by Crippen LogP contribution is 2.27. The summed E-state index contributed by atoms with van der Waals surface area (Å²) in [6, 6.07) is 6.06. The van der Waals surface area contributed by atoms with Gasteiger partial charge in [0.15, 0.2) is 6.61 Å². The maximum atomic E-state index is 12.0. The van der Waals surface area contributed by atoms with E-state index in [2.05, 4.69) is 35.4 Å². The topological polar surface area (TPSA) is 64.1 Å². The number of anilines is 1. The zero-order chi connectivity index (χ0) is 17.0. The number of aromatic nitrogens is 2. The Morgan fingerprint density at radius 2 is 1.96 bits per heavy atom. The van der Waals surface area contributed by atoms with Gasteiger partial charge >= 0.3 is 0 Å². The van der Waals surface area contributed by atoms with Crippen molar-refractivity contribution in [1.29, 1.82) is 0 Å². The van der Waals surface area contributed by atoms with Crippen molar-refractivity contribution in [2.75, 3.05) is 11.9 Å². The van der Waals surface area contributed by atoms with Gasteiger partial charge in [0.1, 0.15) is 10.8 Å². The van der Waals surface area contributed by atoms with E-state index in [1.165, 1.54) is 11.3 Å². The van der Waals surface area contributed by atoms with Gasteiger partial charge in [-0.25, -0.2) is 0 Å². The van der Waals surface area contributed by atoms with E-state index in [1.54, 1.807) is 0 Å². The lowest BCUT2D eigenvalue weighted by Crippen LogP contribution is -2.20. The van der Waals surface area contributed by atoms with Gasteiger partial charge in [0.05, 0.1) is 0 Å². The molecule has 1 aromatic heterocycles. The van der Waals surface area contributed by atoms with Gasteiger partial charge in [-0.15, -0.1) is 10.2 Å². The Labute approximate surface area is 141 Å². The molecule has 0 fully saturated rings. The van der Waals surface area contributed by atoms with Crippen LogP contribution in [0.4, 0.5) is 5.13 Å². The fourth-order valence-corrected chi connectivity index (χ4v) is 2.82. The number of benzene rings is 1. The third-order valence-corrected chi connectivity index (χ3v) is 4.47. The molecular weight excluding hydrogens is 310 g/mol. The highest BCUT2D eigenvalue weighted by Gasteiger charge is 2.13. The molecule has 0 bridgehead atoms. The van der Waals surface area contributed by atoms with Crippen LogP contribution < -0.4 is 10.1 Å². The molecule has 1 N–H and O–H groups in total. The number of hydrogen-bond donors (Lipinski definition) is 1. The summed E-state index contributed by atoms with van der Waals surface area (Å²) in [7, 11) is 0. The van der Waals surface area contributed by atoms with E-state index >= 15 is 0 Å². The van der Waals surface area contributed by atoms with Crippen LogP contribution in [-0.4, -0.2) is 22.7 Å². The maximum Gasteiger partial charge on any atom is 0.264 e. The fourth-order valence-electron chi connectivity index (χ4n) is 2.06. The second kappa shape index (κ2) is 7.55. The zero-order valence-electron chi connectivity index (χ0n) is 14.2. The summed E-state index contributed by atoms with van der Waals surface area (Å²) in [4.78, 5) is 12.0. The predicted molar refractivity (Wildman–Crippen MR) is 93.4 cm³/mol. The lowest BCUT2D eigenvalue weighted by molar-refractivity contribution is -0.118. The van der Waals surface area contributed by atoms with Gasteiger partial charge in [-0.1, -0.05) is 51.2 Å². The molecule has 1 aromatic carbocycles. The van der Waals surface area contributed by atoms with Gasteiger partial charge in [0.25, 0.3) is 5.91 Å². The Morgan fingerprint density at radius 3 is 2.57 bits per heavy atom. The number of hydrogen-bond acceptors (Lipinski definition) is 5. The standard InChI is InChI=1S/C17H23N3O2S/c1-10(2)13-7-6-12(5)8-14(13)22-9-15(21)18-17-20-19-16(23-17)11(3)4/h6-8,10-11H,9H2,1-5H3,(H,18,20,21). The zero-order valence-corrected chi connectivity index (χ0v) is 15.0. The van der Waals surface area contributed by atoms with Crippen molar-refractivity contribution in [3.8, 4) is 5.75 Å². The second-order valence-corrected chi connectivity index (χ2v) is 7.14. The van der Waals surface area contributed by atoms with Crippen LogP contribution in [0.15, 0.2) is 18.2 Å². The molecule has 6 heteroatoms. The molecule has 2 aromatic rings.